The summed E-state index contributed by atoms with van der Waals surface area (Å²) in [6, 6.07) is 0. The first kappa shape index (κ1) is 96.6. The van der Waals surface area contributed by atoms with Crippen LogP contribution in [0.5, 0.6) is 0 Å². The van der Waals surface area contributed by atoms with Crippen LogP contribution in [-0.2, 0) is 51.7 Å². The third-order valence-electron chi connectivity index (χ3n) is 21.3. The summed E-state index contributed by atoms with van der Waals surface area (Å²) in [5.41, 5.74) is -107. The average Bonchev–Trinajstić information content (AvgIpc) is 1.46. The second-order valence-electron chi connectivity index (χ2n) is 28.6. The summed E-state index contributed by atoms with van der Waals surface area (Å²) in [6.07, 6.45) is -109. The fraction of sp³-hybridized carbons (Fsp3) is 0.333. The van der Waals surface area contributed by atoms with E-state index in [1.54, 1.807) is 0 Å². The van der Waals surface area contributed by atoms with Gasteiger partial charge in [-0.3, -0.25) is 9.13 Å². The first-order valence-electron chi connectivity index (χ1n) is 33.2. The number of carboxylic acids is 1. The molecule has 0 fully saturated rings. The molecule has 6 aromatic carbocycles. The molecule has 6 aliphatic heterocycles. The molecule has 0 saturated carbocycles. The Morgan fingerprint density at radius 1 is 0.371 bits per heavy atom. The van der Waals surface area contributed by atoms with Crippen LogP contribution in [-0.4, -0.2) is 115 Å². The summed E-state index contributed by atoms with van der Waals surface area (Å²) < 4.78 is 892. The van der Waals surface area contributed by atoms with Gasteiger partial charge in [0.2, 0.25) is 17.5 Å². The predicted molar refractivity (Wildman–Crippen MR) is 324 cm³/mol. The summed E-state index contributed by atoms with van der Waals surface area (Å²) in [5.74, 6) is -78.2. The van der Waals surface area contributed by atoms with Gasteiger partial charge in [0.05, 0.1) is 27.5 Å². The number of amidine groups is 3. The maximum atomic E-state index is 18.6. The number of aliphatic imine (C=N–C) groups is 1. The molecule has 3 atom stereocenters. The average molecular weight is 2020 g/mol. The summed E-state index contributed by atoms with van der Waals surface area (Å²) in [6.45, 7) is -7.05. The van der Waals surface area contributed by atoms with E-state index in [9.17, 15) is 9.90 Å². The SMILES string of the molecule is CC(F)(c1c2c(c(C(F)(C(F)(F)F)C(F)(F)F)c3c(F)c(F)c(F)c(F)c13)C1=Nc3c4c(C(F)(C(F)(F)F)C(F)(F)F)c5c(F)c(F)c(F)c(F)c5c(C(C)(F)C(F)(F)F)c4c4n3Cn3c5c6c(C=C(C(=O)O)C(F)(F)F)sc(C(F)(F)F)c6c3=NC2=[N+]1N[N+]1=C(N=5)c2c(c(C(F)(C(F)(F)F)C(F)(F)F)c3c(F)c(F)c(F)c(F)c3c2C(F)(C(F)(F)F)C(F)(F)F)C1N4)C(F)(F)F. The van der Waals surface area contributed by atoms with Gasteiger partial charge < -0.3 is 10.4 Å². The maximum Gasteiger partial charge on any atom is 0.436 e. The first-order chi connectivity index (χ1) is 59.1. The first-order valence-corrected chi connectivity index (χ1v) is 34.0. The molecule has 6 aliphatic rings. The number of hydrogen-bond acceptors (Lipinski definition) is 7. The Hall–Kier alpha value is -11.5. The second-order valence-corrected chi connectivity index (χ2v) is 29.6. The Kier molecular flexibility index (Phi) is 19.9. The quantitative estimate of drug-likeness (QED) is 0.0462. The minimum Gasteiger partial charge on any atom is -0.478 e. The monoisotopic (exact) mass is 2020 g/mol. The molecule has 3 N–H and O–H groups in total. The number of anilines is 1. The summed E-state index contributed by atoms with van der Waals surface area (Å²) in [7, 11) is 0. The molecule has 15 rings (SSSR count). The minimum absolute atomic E-state index is 0.405. The number of aromatic nitrogens is 2. The van der Waals surface area contributed by atoms with Crippen LogP contribution in [0, 0.1) is 69.8 Å². The largest absolute Gasteiger partial charge is 0.478 e. The van der Waals surface area contributed by atoms with Gasteiger partial charge in [-0.2, -0.15) is 163 Å². The molecular formula is C66H13F54N9O2S+2. The minimum atomic E-state index is -8.98. The van der Waals surface area contributed by atoms with Crippen molar-refractivity contribution in [1.29, 1.82) is 0 Å². The number of carbonyl (C=O) groups is 1. The van der Waals surface area contributed by atoms with Crippen molar-refractivity contribution in [3.8, 4) is 0 Å². The third-order valence-corrected chi connectivity index (χ3v) is 22.5. The number of hydrazine groups is 2. The predicted octanol–water partition coefficient (Wildman–Crippen LogP) is 23.4. The van der Waals surface area contributed by atoms with E-state index in [0.29, 0.717) is 10.9 Å². The van der Waals surface area contributed by atoms with Gasteiger partial charge in [-0.15, -0.1) is 16.0 Å². The van der Waals surface area contributed by atoms with E-state index in [1.165, 1.54) is 0 Å². The lowest BCUT2D eigenvalue weighted by molar-refractivity contribution is -0.786. The lowest BCUT2D eigenvalue weighted by Crippen LogP contribution is -2.53. The molecule has 0 spiro atoms. The number of thiophene rings is 1. The molecule has 12 bridgehead atoms. The van der Waals surface area contributed by atoms with E-state index in [0.717, 1.165) is 0 Å². The molecule has 716 valence electrons. The molecule has 66 heteroatoms. The summed E-state index contributed by atoms with van der Waals surface area (Å²) in [5, 5.41) is -31.8. The molecule has 0 amide bonds. The van der Waals surface area contributed by atoms with Crippen LogP contribution in [0.4, 0.5) is 249 Å². The van der Waals surface area contributed by atoms with Crippen molar-refractivity contribution >= 4 is 106 Å². The number of fused-ring (bicyclic) bond motifs is 7. The molecule has 3 aromatic heterocycles. The Morgan fingerprint density at radius 2 is 0.705 bits per heavy atom. The van der Waals surface area contributed by atoms with Gasteiger partial charge in [0.15, 0.2) is 75.3 Å². The zero-order valence-electron chi connectivity index (χ0n) is 60.2. The lowest BCUT2D eigenvalue weighted by atomic mass is 9.76. The number of hydrogen-bond donors (Lipinski definition) is 3. The molecular weight excluding hydrogens is 2010 g/mol. The zero-order chi connectivity index (χ0) is 100. The van der Waals surface area contributed by atoms with Crippen LogP contribution in [0.25, 0.3) is 59.9 Å². The molecule has 132 heavy (non-hydrogen) atoms. The molecule has 0 saturated heterocycles. The van der Waals surface area contributed by atoms with Crippen LogP contribution < -0.4 is 21.8 Å². The van der Waals surface area contributed by atoms with Crippen molar-refractivity contribution in [2.24, 2.45) is 15.0 Å². The van der Waals surface area contributed by atoms with Crippen molar-refractivity contribution in [1.82, 2.24) is 14.7 Å². The molecule has 9 heterocycles. The Labute approximate surface area is 683 Å². The van der Waals surface area contributed by atoms with Gasteiger partial charge in [0.1, 0.15) is 22.9 Å². The number of aliphatic carboxylic acids is 1. The number of nitrogens with one attached hydrogen (secondary N) is 2. The Morgan fingerprint density at radius 3 is 1.08 bits per heavy atom. The topological polar surface area (TPSA) is 114 Å². The van der Waals surface area contributed by atoms with Crippen LogP contribution in [0.15, 0.2) is 20.6 Å². The van der Waals surface area contributed by atoms with Gasteiger partial charge in [0, 0.05) is 86.9 Å². The fourth-order valence-corrected chi connectivity index (χ4v) is 16.9. The second kappa shape index (κ2) is 27.2. The van der Waals surface area contributed by atoms with E-state index in [4.69, 9.17) is 0 Å². The number of halogens is 54. The van der Waals surface area contributed by atoms with Gasteiger partial charge in [-0.1, -0.05) is 5.53 Å². The van der Waals surface area contributed by atoms with Crippen LogP contribution >= 0.6 is 11.3 Å². The normalized spacial score (nSPS) is 17.6. The molecule has 0 radical (unpaired) electrons. The van der Waals surface area contributed by atoms with Crippen LogP contribution in [0.1, 0.15) is 85.4 Å². The van der Waals surface area contributed by atoms with Gasteiger partial charge in [0.25, 0.3) is 17.1 Å². The highest BCUT2D eigenvalue weighted by molar-refractivity contribution is 7.14. The van der Waals surface area contributed by atoms with E-state index in [2.05, 4.69) is 15.0 Å². The number of benzene rings is 6. The fourth-order valence-electron chi connectivity index (χ4n) is 15.8. The highest BCUT2D eigenvalue weighted by Gasteiger charge is 2.82. The van der Waals surface area contributed by atoms with Crippen molar-refractivity contribution in [2.45, 2.75) is 135 Å². The van der Waals surface area contributed by atoms with Gasteiger partial charge in [-0.25, -0.2) is 83.8 Å². The maximum absolute atomic E-state index is 18.6. The van der Waals surface area contributed by atoms with Crippen molar-refractivity contribution in [3.05, 3.63) is 152 Å². The number of rotatable bonds is 8. The standard InChI is InChI=1S/C66H11F54N9O2S/c1-49(79,57(91,92)93)21-8-10(29(69)35(75)33(73)27(8)67)23(51(81,59(97,98)99)60(100,101)102)16-14(21)41-122-47-19-18(25(53(83,63(109,110)111)64(112,113)114)12-13(32(72)38(78)37(77)31(12)71)26(19)54(84,65(115,116)117)66(118,119)120)46-121-40-7-6(3-5(48(130)131)55(85,86)87)132-39(56(88,89)90)20(7)43-124-44-15-17(45(128(44)125-129(46)47)123-42(16)127(41)4-126(40)43)24(52(82,61(103,104)105)62(106,107)108)11-9(22(15)50(2,80)58(94,95)96)28(68)34(74)36(76)30(11)70/h3,47,125H,4H2,1-2H3/p+2. The Balaban J connectivity index is 1.57. The van der Waals surface area contributed by atoms with Crippen molar-refractivity contribution in [2.75, 3.05) is 5.32 Å². The summed E-state index contributed by atoms with van der Waals surface area (Å²) in [4.78, 5) is 14.9. The molecule has 0 aliphatic carbocycles. The number of carboxylic acid groups (broad SMARTS) is 1. The van der Waals surface area contributed by atoms with Crippen molar-refractivity contribution in [3.63, 3.8) is 0 Å². The highest BCUT2D eigenvalue weighted by atomic mass is 32.1. The highest BCUT2D eigenvalue weighted by Crippen LogP contribution is 2.69. The molecule has 3 unspecified atom stereocenters. The van der Waals surface area contributed by atoms with Gasteiger partial charge in [-0.05, 0) is 34.6 Å². The summed E-state index contributed by atoms with van der Waals surface area (Å²) >= 11 is -1.93. The van der Waals surface area contributed by atoms with Crippen LogP contribution in [0.3, 0.4) is 0 Å². The van der Waals surface area contributed by atoms with Crippen LogP contribution in [0.2, 0.25) is 0 Å². The zero-order valence-corrected chi connectivity index (χ0v) is 61.0. The number of hydrazone groups is 2. The van der Waals surface area contributed by atoms with Crippen molar-refractivity contribution < 1.29 is 256 Å². The number of alkyl halides is 42. The van der Waals surface area contributed by atoms with E-state index in [1.807, 2.05) is 0 Å². The molecule has 11 nitrogen and oxygen atoms in total. The lowest BCUT2D eigenvalue weighted by Gasteiger charge is -2.37. The van der Waals surface area contributed by atoms with E-state index >= 15 is 237 Å². The molecule has 9 aromatic rings. The third kappa shape index (κ3) is 11.9. The van der Waals surface area contributed by atoms with E-state index < -0.39 is 411 Å². The smallest absolute Gasteiger partial charge is 0.436 e. The Bertz CT molecular complexity index is 6970. The van der Waals surface area contributed by atoms with Gasteiger partial charge >= 0.3 is 114 Å². The number of nitrogens with zero attached hydrogens (tertiary/aromatic N) is 7. The van der Waals surface area contributed by atoms with E-state index in [-0.39, 0.29) is 0 Å².